The first kappa shape index (κ1) is 24.7. The van der Waals surface area contributed by atoms with E-state index in [9.17, 15) is 26.4 Å². The van der Waals surface area contributed by atoms with Crippen molar-refractivity contribution in [2.45, 2.75) is 55.6 Å². The van der Waals surface area contributed by atoms with E-state index in [1.165, 1.54) is 0 Å². The third kappa shape index (κ3) is 6.17. The van der Waals surface area contributed by atoms with E-state index in [0.29, 0.717) is 37.3 Å². The number of alkyl halides is 3. The molecule has 0 bridgehead atoms. The molecule has 34 heavy (non-hydrogen) atoms. The molecule has 1 aliphatic carbocycles. The molecule has 6 nitrogen and oxygen atoms in total. The van der Waals surface area contributed by atoms with Crippen molar-refractivity contribution in [1.82, 2.24) is 9.84 Å². The van der Waals surface area contributed by atoms with Crippen molar-refractivity contribution >= 4 is 15.8 Å². The van der Waals surface area contributed by atoms with Crippen LogP contribution in [0.3, 0.4) is 0 Å². The topological polar surface area (TPSA) is 75.7 Å². The molecule has 2 aromatic rings. The predicted octanol–water partition coefficient (Wildman–Crippen LogP) is 4.82. The number of Topliss-reactive ketones (excluding diaryl/α,β-unsaturated/α-hetero) is 1. The number of nitrogens with one attached hydrogen (secondary N) is 1. The number of sulfonamides is 1. The first-order valence-corrected chi connectivity index (χ1v) is 12.9. The molecule has 1 heterocycles. The minimum absolute atomic E-state index is 0.0219. The highest BCUT2D eigenvalue weighted by atomic mass is 32.2. The number of hydrogen-bond donors (Lipinski definition) is 1. The van der Waals surface area contributed by atoms with Crippen molar-refractivity contribution in [2.24, 2.45) is 5.92 Å². The second-order valence-corrected chi connectivity index (χ2v) is 10.4. The Kier molecular flexibility index (Phi) is 7.30. The van der Waals surface area contributed by atoms with Gasteiger partial charge in [-0.25, -0.2) is 13.4 Å². The molecule has 2 aliphatic rings. The molecular weight excluding hydrogens is 469 g/mol. The zero-order valence-corrected chi connectivity index (χ0v) is 19.4. The second-order valence-electron chi connectivity index (χ2n) is 8.76. The van der Waals surface area contributed by atoms with Crippen molar-refractivity contribution in [2.75, 3.05) is 13.2 Å². The fraction of sp³-hybridized carbons (Fsp3) is 0.458. The van der Waals surface area contributed by atoms with Crippen molar-refractivity contribution in [1.29, 1.82) is 0 Å². The van der Waals surface area contributed by atoms with Crippen molar-refractivity contribution in [3.05, 3.63) is 59.7 Å². The molecule has 1 saturated carbocycles. The average molecular weight is 497 g/mol. The van der Waals surface area contributed by atoms with E-state index in [2.05, 4.69) is 4.83 Å². The second kappa shape index (κ2) is 10.1. The van der Waals surface area contributed by atoms with Crippen LogP contribution in [0.15, 0.2) is 53.4 Å². The molecule has 1 atom stereocenters. The van der Waals surface area contributed by atoms with Gasteiger partial charge in [0.05, 0.1) is 17.1 Å². The number of benzene rings is 2. The van der Waals surface area contributed by atoms with Crippen LogP contribution in [0, 0.1) is 5.92 Å². The SMILES string of the molecule is O=C(c1ccc(OCCC[C@H]2CCCN2NS(=O)(=O)c2ccc(C(F)(F)F)cc2)cc1)C1CC1. The molecule has 4 rings (SSSR count). The summed E-state index contributed by atoms with van der Waals surface area (Å²) in [5.74, 6) is 1.04. The van der Waals surface area contributed by atoms with E-state index in [-0.39, 0.29) is 22.6 Å². The predicted molar refractivity (Wildman–Crippen MR) is 120 cm³/mol. The number of halogens is 3. The van der Waals surface area contributed by atoms with Gasteiger partial charge < -0.3 is 4.74 Å². The van der Waals surface area contributed by atoms with Crippen LogP contribution in [-0.2, 0) is 16.2 Å². The molecule has 0 spiro atoms. The lowest BCUT2D eigenvalue weighted by atomic mass is 10.1. The van der Waals surface area contributed by atoms with Gasteiger partial charge in [0.1, 0.15) is 5.75 Å². The molecule has 1 aliphatic heterocycles. The minimum Gasteiger partial charge on any atom is -0.494 e. The number of carbonyl (C=O) groups is 1. The van der Waals surface area contributed by atoms with Crippen LogP contribution in [0.25, 0.3) is 0 Å². The Hall–Kier alpha value is -2.43. The van der Waals surface area contributed by atoms with E-state index in [0.717, 1.165) is 49.9 Å². The normalized spacial score (nSPS) is 19.3. The lowest BCUT2D eigenvalue weighted by Crippen LogP contribution is -2.45. The minimum atomic E-state index is -4.52. The van der Waals surface area contributed by atoms with Crippen LogP contribution >= 0.6 is 0 Å². The van der Waals surface area contributed by atoms with Crippen molar-refractivity contribution < 1.29 is 31.1 Å². The lowest BCUT2D eigenvalue weighted by Gasteiger charge is -2.25. The van der Waals surface area contributed by atoms with Crippen LogP contribution in [0.1, 0.15) is 54.4 Å². The van der Waals surface area contributed by atoms with E-state index in [1.54, 1.807) is 29.3 Å². The van der Waals surface area contributed by atoms with Gasteiger partial charge in [0.2, 0.25) is 0 Å². The first-order valence-electron chi connectivity index (χ1n) is 11.4. The van der Waals surface area contributed by atoms with Gasteiger partial charge in [0, 0.05) is 24.1 Å². The average Bonchev–Trinajstić information content (AvgIpc) is 3.57. The molecule has 0 radical (unpaired) electrons. The summed E-state index contributed by atoms with van der Waals surface area (Å²) in [6.07, 6.45) is 0.449. The van der Waals surface area contributed by atoms with Crippen LogP contribution in [-0.4, -0.2) is 38.4 Å². The maximum absolute atomic E-state index is 12.7. The first-order chi connectivity index (χ1) is 16.1. The Morgan fingerprint density at radius 2 is 1.71 bits per heavy atom. The van der Waals surface area contributed by atoms with Gasteiger partial charge >= 0.3 is 6.18 Å². The van der Waals surface area contributed by atoms with Crippen LogP contribution in [0.2, 0.25) is 0 Å². The zero-order valence-electron chi connectivity index (χ0n) is 18.6. The third-order valence-corrected chi connectivity index (χ3v) is 7.51. The number of nitrogens with zero attached hydrogens (tertiary/aromatic N) is 1. The van der Waals surface area contributed by atoms with Gasteiger partial charge in [0.15, 0.2) is 5.78 Å². The molecule has 2 aromatic carbocycles. The zero-order chi connectivity index (χ0) is 24.3. The van der Waals surface area contributed by atoms with E-state index in [1.807, 2.05) is 0 Å². The number of hydrazine groups is 1. The molecule has 2 fully saturated rings. The molecule has 0 aromatic heterocycles. The highest BCUT2D eigenvalue weighted by molar-refractivity contribution is 7.89. The summed E-state index contributed by atoms with van der Waals surface area (Å²) >= 11 is 0. The summed E-state index contributed by atoms with van der Waals surface area (Å²) in [6.45, 7) is 0.980. The van der Waals surface area contributed by atoms with E-state index in [4.69, 9.17) is 4.74 Å². The van der Waals surface area contributed by atoms with Crippen LogP contribution in [0.5, 0.6) is 5.75 Å². The van der Waals surface area contributed by atoms with E-state index < -0.39 is 21.8 Å². The van der Waals surface area contributed by atoms with Gasteiger partial charge in [-0.15, -0.1) is 4.83 Å². The quantitative estimate of drug-likeness (QED) is 0.377. The Morgan fingerprint density at radius 1 is 1.03 bits per heavy atom. The fourth-order valence-electron chi connectivity index (χ4n) is 4.09. The Balaban J connectivity index is 1.25. The number of ether oxygens (including phenoxy) is 1. The van der Waals surface area contributed by atoms with Crippen LogP contribution < -0.4 is 9.57 Å². The Morgan fingerprint density at radius 3 is 2.32 bits per heavy atom. The monoisotopic (exact) mass is 496 g/mol. The summed E-state index contributed by atoms with van der Waals surface area (Å²) in [5.41, 5.74) is -0.188. The highest BCUT2D eigenvalue weighted by Gasteiger charge is 2.32. The Bertz CT molecular complexity index is 1100. The van der Waals surface area contributed by atoms with Gasteiger partial charge in [-0.3, -0.25) is 4.79 Å². The molecule has 1 N–H and O–H groups in total. The number of carbonyl (C=O) groups excluding carboxylic acids is 1. The van der Waals surface area contributed by atoms with Gasteiger partial charge in [-0.2, -0.15) is 13.2 Å². The standard InChI is InChI=1S/C24H27F3N2O4S/c25-24(26,27)19-9-13-22(14-10-19)34(31,32)28-29-15-1-3-20(29)4-2-16-33-21-11-7-18(8-12-21)23(30)17-5-6-17/h7-14,17,20,28H,1-6,15-16H2/t20-/m1/s1. The van der Waals surface area contributed by atoms with Crippen LogP contribution in [0.4, 0.5) is 13.2 Å². The number of rotatable bonds is 10. The number of ketones is 1. The summed E-state index contributed by atoms with van der Waals surface area (Å²) in [7, 11) is -3.98. The maximum atomic E-state index is 12.7. The molecule has 0 amide bonds. The highest BCUT2D eigenvalue weighted by Crippen LogP contribution is 2.33. The summed E-state index contributed by atoms with van der Waals surface area (Å²) in [6, 6.07) is 10.6. The maximum Gasteiger partial charge on any atom is 0.416 e. The lowest BCUT2D eigenvalue weighted by molar-refractivity contribution is -0.137. The Labute approximate surface area is 197 Å². The smallest absolute Gasteiger partial charge is 0.416 e. The fourth-order valence-corrected chi connectivity index (χ4v) is 5.24. The summed E-state index contributed by atoms with van der Waals surface area (Å²) < 4.78 is 69.3. The van der Waals surface area contributed by atoms with Gasteiger partial charge in [-0.1, -0.05) is 0 Å². The molecule has 184 valence electrons. The van der Waals surface area contributed by atoms with E-state index >= 15 is 0 Å². The largest absolute Gasteiger partial charge is 0.494 e. The third-order valence-electron chi connectivity index (χ3n) is 6.14. The number of hydrogen-bond acceptors (Lipinski definition) is 5. The summed E-state index contributed by atoms with van der Waals surface area (Å²) in [4.78, 5) is 14.4. The van der Waals surface area contributed by atoms with Gasteiger partial charge in [-0.05, 0) is 87.1 Å². The van der Waals surface area contributed by atoms with Gasteiger partial charge in [0.25, 0.3) is 10.0 Å². The molecule has 10 heteroatoms. The summed E-state index contributed by atoms with van der Waals surface area (Å²) in [5, 5.41) is 1.64. The van der Waals surface area contributed by atoms with Crippen molar-refractivity contribution in [3.63, 3.8) is 0 Å². The molecule has 0 unspecified atom stereocenters. The van der Waals surface area contributed by atoms with Crippen molar-refractivity contribution in [3.8, 4) is 5.75 Å². The molecule has 1 saturated heterocycles. The molecular formula is C24H27F3N2O4S.